The Morgan fingerprint density at radius 3 is 2.15 bits per heavy atom. The zero-order valence-corrected chi connectivity index (χ0v) is 13.5. The minimum Gasteiger partial charge on any atom is -0.479 e. The molecule has 0 saturated heterocycles. The van der Waals surface area contributed by atoms with E-state index in [0.717, 1.165) is 11.0 Å². The van der Waals surface area contributed by atoms with E-state index >= 15 is 0 Å². The molecule has 140 valence electrons. The second kappa shape index (κ2) is 6.54. The van der Waals surface area contributed by atoms with Gasteiger partial charge in [0.15, 0.2) is 29.4 Å². The van der Waals surface area contributed by atoms with Crippen molar-refractivity contribution in [3.8, 4) is 29.2 Å². The molecule has 0 saturated carbocycles. The maximum absolute atomic E-state index is 14.4. The summed E-state index contributed by atoms with van der Waals surface area (Å²) in [5.41, 5.74) is -2.55. The Balaban J connectivity index is 2.30. The maximum atomic E-state index is 14.4. The highest BCUT2D eigenvalue weighted by molar-refractivity contribution is 6.01. The molecule has 3 nitrogen and oxygen atoms in total. The van der Waals surface area contributed by atoms with E-state index in [1.165, 1.54) is 6.92 Å². The van der Waals surface area contributed by atoms with Gasteiger partial charge in [0.25, 0.3) is 5.91 Å². The highest BCUT2D eigenvalue weighted by Crippen LogP contribution is 2.41. The van der Waals surface area contributed by atoms with Crippen molar-refractivity contribution in [2.75, 3.05) is 11.4 Å². The van der Waals surface area contributed by atoms with Crippen molar-refractivity contribution in [1.82, 2.24) is 0 Å². The summed E-state index contributed by atoms with van der Waals surface area (Å²) >= 11 is 0. The van der Waals surface area contributed by atoms with Gasteiger partial charge in [-0.25, -0.2) is 26.3 Å². The molecular formula is C18H9F6NO2. The minimum atomic E-state index is -2.37. The second-order valence-corrected chi connectivity index (χ2v) is 5.63. The topological polar surface area (TPSA) is 29.5 Å². The van der Waals surface area contributed by atoms with Crippen LogP contribution in [0.25, 0.3) is 11.1 Å². The smallest absolute Gasteiger partial charge is 0.268 e. The number of hydrogen-bond donors (Lipinski definition) is 0. The van der Waals surface area contributed by atoms with Gasteiger partial charge in [-0.2, -0.15) is 0 Å². The van der Waals surface area contributed by atoms with Crippen molar-refractivity contribution in [3.05, 3.63) is 47.0 Å². The lowest BCUT2D eigenvalue weighted by molar-refractivity contribution is -0.125. The molecule has 2 aromatic carbocycles. The molecule has 2 aromatic rings. The van der Waals surface area contributed by atoms with Crippen LogP contribution >= 0.6 is 0 Å². The van der Waals surface area contributed by atoms with Gasteiger partial charge in [0.05, 0.1) is 17.8 Å². The van der Waals surface area contributed by atoms with Crippen LogP contribution in [0.2, 0.25) is 0 Å². The maximum Gasteiger partial charge on any atom is 0.268 e. The predicted molar refractivity (Wildman–Crippen MR) is 82.9 cm³/mol. The van der Waals surface area contributed by atoms with Crippen LogP contribution in [0.4, 0.5) is 32.0 Å². The Bertz CT molecular complexity index is 985. The molecule has 1 amide bonds. The molecule has 0 aromatic heterocycles. The normalized spacial score (nSPS) is 16.0. The lowest BCUT2D eigenvalue weighted by atomic mass is 10.0. The number of hydrogen-bond acceptors (Lipinski definition) is 2. The third kappa shape index (κ3) is 2.77. The van der Waals surface area contributed by atoms with E-state index < -0.39 is 58.0 Å². The third-order valence-electron chi connectivity index (χ3n) is 3.99. The van der Waals surface area contributed by atoms with E-state index in [1.807, 2.05) is 0 Å². The number of nitrogens with zero attached hydrogens (tertiary/aromatic N) is 1. The molecule has 0 aliphatic carbocycles. The molecule has 0 radical (unpaired) electrons. The highest BCUT2D eigenvalue weighted by Gasteiger charge is 2.34. The van der Waals surface area contributed by atoms with Gasteiger partial charge in [0.1, 0.15) is 11.6 Å². The quantitative estimate of drug-likeness (QED) is 0.339. The fourth-order valence-electron chi connectivity index (χ4n) is 2.72. The van der Waals surface area contributed by atoms with Gasteiger partial charge in [-0.3, -0.25) is 9.69 Å². The summed E-state index contributed by atoms with van der Waals surface area (Å²) in [7, 11) is 0. The molecule has 3 rings (SSSR count). The molecule has 27 heavy (non-hydrogen) atoms. The predicted octanol–water partition coefficient (Wildman–Crippen LogP) is 3.94. The van der Waals surface area contributed by atoms with Crippen LogP contribution in [0.5, 0.6) is 5.75 Å². The summed E-state index contributed by atoms with van der Waals surface area (Å²) in [6, 6.07) is 1.44. The first-order chi connectivity index (χ1) is 12.7. The Kier molecular flexibility index (Phi) is 4.51. The summed E-state index contributed by atoms with van der Waals surface area (Å²) in [4.78, 5) is 13.2. The zero-order chi connectivity index (χ0) is 20.0. The first-order valence-electron chi connectivity index (χ1n) is 7.45. The molecule has 0 spiro atoms. The first-order valence-corrected chi connectivity index (χ1v) is 7.45. The van der Waals surface area contributed by atoms with Crippen LogP contribution in [0.3, 0.4) is 0 Å². The van der Waals surface area contributed by atoms with E-state index in [-0.39, 0.29) is 18.0 Å². The highest BCUT2D eigenvalue weighted by atomic mass is 19.2. The van der Waals surface area contributed by atoms with Crippen LogP contribution < -0.4 is 9.64 Å². The van der Waals surface area contributed by atoms with Gasteiger partial charge in [-0.1, -0.05) is 5.92 Å². The second-order valence-electron chi connectivity index (χ2n) is 5.63. The molecule has 1 aliphatic heterocycles. The molecule has 9 heteroatoms. The van der Waals surface area contributed by atoms with Crippen molar-refractivity contribution >= 4 is 11.6 Å². The number of amides is 1. The fraction of sp³-hybridized carbons (Fsp3) is 0.167. The number of carbonyl (C=O) groups is 1. The monoisotopic (exact) mass is 385 g/mol. The van der Waals surface area contributed by atoms with Crippen molar-refractivity contribution in [2.45, 2.75) is 13.0 Å². The van der Waals surface area contributed by atoms with E-state index in [9.17, 15) is 31.1 Å². The van der Waals surface area contributed by atoms with E-state index in [4.69, 9.17) is 11.2 Å². The molecule has 0 N–H and O–H groups in total. The first kappa shape index (κ1) is 18.6. The van der Waals surface area contributed by atoms with Crippen LogP contribution in [-0.2, 0) is 4.79 Å². The number of rotatable bonds is 2. The van der Waals surface area contributed by atoms with Crippen LogP contribution in [0.1, 0.15) is 6.92 Å². The van der Waals surface area contributed by atoms with Gasteiger partial charge < -0.3 is 4.74 Å². The Morgan fingerprint density at radius 2 is 1.59 bits per heavy atom. The lowest BCUT2D eigenvalue weighted by Crippen LogP contribution is -2.44. The van der Waals surface area contributed by atoms with Gasteiger partial charge in [0.2, 0.25) is 5.82 Å². The lowest BCUT2D eigenvalue weighted by Gasteiger charge is -2.32. The van der Waals surface area contributed by atoms with E-state index in [1.54, 1.807) is 0 Å². The Morgan fingerprint density at radius 1 is 1.04 bits per heavy atom. The molecule has 1 atom stereocenters. The summed E-state index contributed by atoms with van der Waals surface area (Å²) < 4.78 is 87.9. The van der Waals surface area contributed by atoms with Crippen molar-refractivity contribution in [3.63, 3.8) is 0 Å². The molecule has 1 heterocycles. The summed E-state index contributed by atoms with van der Waals surface area (Å²) in [6.45, 7) is 1.10. The average Bonchev–Trinajstić information content (AvgIpc) is 2.63. The van der Waals surface area contributed by atoms with Gasteiger partial charge in [-0.05, 0) is 13.0 Å². The molecule has 1 unspecified atom stereocenters. The number of fused-ring (bicyclic) bond motifs is 1. The summed E-state index contributed by atoms with van der Waals surface area (Å²) in [5.74, 6) is -11.1. The molecular weight excluding hydrogens is 376 g/mol. The number of anilines is 1. The Hall–Kier alpha value is -3.15. The van der Waals surface area contributed by atoms with Crippen LogP contribution in [0, 0.1) is 47.2 Å². The largest absolute Gasteiger partial charge is 0.479 e. The number of benzene rings is 2. The van der Waals surface area contributed by atoms with Crippen LogP contribution in [0.15, 0.2) is 12.1 Å². The van der Waals surface area contributed by atoms with Crippen LogP contribution in [-0.4, -0.2) is 18.6 Å². The van der Waals surface area contributed by atoms with Gasteiger partial charge in [-0.15, -0.1) is 6.42 Å². The van der Waals surface area contributed by atoms with E-state index in [0.29, 0.717) is 6.07 Å². The SMILES string of the molecule is C#CCN1C(=O)C(C)Oc2cc(F)c(-c3c(F)c(F)c(F)c(F)c3F)cc21. The summed E-state index contributed by atoms with van der Waals surface area (Å²) in [6.07, 6.45) is 4.18. The number of ether oxygens (including phenoxy) is 1. The average molecular weight is 385 g/mol. The molecule has 0 bridgehead atoms. The third-order valence-corrected chi connectivity index (χ3v) is 3.99. The Labute approximate surface area is 149 Å². The molecule has 1 aliphatic rings. The fourth-order valence-corrected chi connectivity index (χ4v) is 2.72. The number of halogens is 6. The summed E-state index contributed by atoms with van der Waals surface area (Å²) in [5, 5.41) is 0. The van der Waals surface area contributed by atoms with Crippen molar-refractivity contribution < 1.29 is 35.9 Å². The van der Waals surface area contributed by atoms with Gasteiger partial charge in [0, 0.05) is 11.6 Å². The standard InChI is InChI=1S/C18H9F6NO2/c1-3-4-25-10-5-8(9(19)6-11(10)27-7(2)18(25)26)12-13(20)15(22)17(24)16(23)14(12)21/h1,5-7H,4H2,2H3. The number of terminal acetylenes is 1. The van der Waals surface area contributed by atoms with Crippen molar-refractivity contribution in [2.24, 2.45) is 0 Å². The molecule has 0 fully saturated rings. The van der Waals surface area contributed by atoms with Gasteiger partial charge >= 0.3 is 0 Å². The number of carbonyl (C=O) groups excluding carboxylic acids is 1. The minimum absolute atomic E-state index is 0.156. The van der Waals surface area contributed by atoms with Crippen molar-refractivity contribution in [1.29, 1.82) is 0 Å². The van der Waals surface area contributed by atoms with E-state index in [2.05, 4.69) is 5.92 Å². The zero-order valence-electron chi connectivity index (χ0n) is 13.5.